The molecule has 0 radical (unpaired) electrons. The van der Waals surface area contributed by atoms with Gasteiger partial charge in [-0.05, 0) is 24.5 Å². The molecule has 0 saturated heterocycles. The minimum absolute atomic E-state index is 0.120. The Bertz CT molecular complexity index is 1470. The first-order chi connectivity index (χ1) is 17.4. The lowest BCUT2D eigenvalue weighted by atomic mass is 9.85. The summed E-state index contributed by atoms with van der Waals surface area (Å²) in [6.45, 7) is 7.56. The molecule has 0 spiro atoms. The van der Waals surface area contributed by atoms with Gasteiger partial charge in [0.05, 0.1) is 29.8 Å². The Morgan fingerprint density at radius 1 is 1.14 bits per heavy atom. The number of hydrogen-bond acceptors (Lipinski definition) is 7. The summed E-state index contributed by atoms with van der Waals surface area (Å²) in [5.41, 5.74) is 8.55. The number of fused-ring (bicyclic) bond motifs is 1. The molecular formula is C26H31F2N5O4. The fourth-order valence-electron chi connectivity index (χ4n) is 4.25. The van der Waals surface area contributed by atoms with Crippen molar-refractivity contribution in [1.82, 2.24) is 19.2 Å². The van der Waals surface area contributed by atoms with Crippen LogP contribution in [-0.2, 0) is 20.0 Å². The molecule has 9 nitrogen and oxygen atoms in total. The fraction of sp³-hybridized carbons (Fsp3) is 0.385. The number of halogens is 2. The second-order valence-electron chi connectivity index (χ2n) is 10.1. The van der Waals surface area contributed by atoms with E-state index in [1.54, 1.807) is 40.7 Å². The van der Waals surface area contributed by atoms with Crippen molar-refractivity contribution in [2.24, 2.45) is 18.2 Å². The molecule has 5 N–H and O–H groups in total. The van der Waals surface area contributed by atoms with Crippen LogP contribution in [0.4, 0.5) is 8.78 Å². The number of ether oxygens (including phenoxy) is 1. The van der Waals surface area contributed by atoms with Crippen molar-refractivity contribution in [2.75, 3.05) is 6.61 Å². The van der Waals surface area contributed by atoms with Crippen LogP contribution in [0.2, 0.25) is 0 Å². The van der Waals surface area contributed by atoms with Gasteiger partial charge in [-0.25, -0.2) is 4.98 Å². The van der Waals surface area contributed by atoms with Crippen LogP contribution in [-0.4, -0.2) is 41.1 Å². The Morgan fingerprint density at radius 3 is 2.49 bits per heavy atom. The summed E-state index contributed by atoms with van der Waals surface area (Å²) < 4.78 is 38.6. The number of aryl methyl sites for hydroxylation is 1. The monoisotopic (exact) mass is 515 g/mol. The molecular weight excluding hydrogens is 484 g/mol. The van der Waals surface area contributed by atoms with Gasteiger partial charge in [0.15, 0.2) is 17.2 Å². The highest BCUT2D eigenvalue weighted by molar-refractivity contribution is 5.80. The average molecular weight is 516 g/mol. The number of aliphatic hydroxyl groups excluding tert-OH is 1. The van der Waals surface area contributed by atoms with Gasteiger partial charge in [-0.2, -0.15) is 13.9 Å². The number of benzene rings is 1. The molecule has 4 aromatic rings. The van der Waals surface area contributed by atoms with Crippen molar-refractivity contribution >= 4 is 5.65 Å². The van der Waals surface area contributed by atoms with Crippen molar-refractivity contribution in [3.05, 3.63) is 58.8 Å². The molecule has 4 rings (SSSR count). The first-order valence-corrected chi connectivity index (χ1v) is 11.8. The Kier molecular flexibility index (Phi) is 6.87. The molecule has 1 aromatic carbocycles. The van der Waals surface area contributed by atoms with Gasteiger partial charge in [0.2, 0.25) is 11.6 Å². The topological polar surface area (TPSA) is 131 Å². The SMILES string of the molecule is Cc1c(CCOc2c(F)c(F)c(O)c(O)c2-c2ccc3ncc(CN)n3c2)c(C(O)C(C)(C)C)nn1C. The minimum Gasteiger partial charge on any atom is -0.504 e. The zero-order valence-corrected chi connectivity index (χ0v) is 21.4. The Hall–Kier alpha value is -3.70. The van der Waals surface area contributed by atoms with Gasteiger partial charge >= 0.3 is 0 Å². The van der Waals surface area contributed by atoms with E-state index < -0.39 is 40.4 Å². The van der Waals surface area contributed by atoms with E-state index in [-0.39, 0.29) is 30.7 Å². The highest BCUT2D eigenvalue weighted by Gasteiger charge is 2.31. The third-order valence-corrected chi connectivity index (χ3v) is 6.54. The normalized spacial score (nSPS) is 12.9. The molecule has 0 aliphatic rings. The second kappa shape index (κ2) is 9.64. The molecule has 0 saturated carbocycles. The lowest BCUT2D eigenvalue weighted by Gasteiger charge is -2.25. The highest BCUT2D eigenvalue weighted by Crippen LogP contribution is 2.47. The van der Waals surface area contributed by atoms with Crippen LogP contribution in [0.1, 0.15) is 49.5 Å². The maximum Gasteiger partial charge on any atom is 0.208 e. The number of phenols is 2. The van der Waals surface area contributed by atoms with Crippen LogP contribution in [0, 0.1) is 24.0 Å². The summed E-state index contributed by atoms with van der Waals surface area (Å²) in [6, 6.07) is 3.17. The summed E-state index contributed by atoms with van der Waals surface area (Å²) in [4.78, 5) is 4.23. The van der Waals surface area contributed by atoms with Gasteiger partial charge < -0.3 is 30.2 Å². The Morgan fingerprint density at radius 2 is 1.84 bits per heavy atom. The summed E-state index contributed by atoms with van der Waals surface area (Å²) in [7, 11) is 1.76. The summed E-state index contributed by atoms with van der Waals surface area (Å²) in [5, 5.41) is 36.0. The van der Waals surface area contributed by atoms with Crippen molar-refractivity contribution in [3.8, 4) is 28.4 Å². The number of nitrogens with two attached hydrogens (primary N) is 1. The number of rotatable bonds is 7. The summed E-state index contributed by atoms with van der Waals surface area (Å²) in [6.07, 6.45) is 2.50. The van der Waals surface area contributed by atoms with Gasteiger partial charge in [-0.15, -0.1) is 0 Å². The van der Waals surface area contributed by atoms with E-state index >= 15 is 4.39 Å². The predicted molar refractivity (Wildman–Crippen MR) is 133 cm³/mol. The average Bonchev–Trinajstić information content (AvgIpc) is 3.39. The van der Waals surface area contributed by atoms with E-state index in [2.05, 4.69) is 10.1 Å². The molecule has 0 bridgehead atoms. The van der Waals surface area contributed by atoms with Crippen molar-refractivity contribution in [3.63, 3.8) is 0 Å². The van der Waals surface area contributed by atoms with E-state index in [1.807, 2.05) is 27.7 Å². The molecule has 198 valence electrons. The van der Waals surface area contributed by atoms with Gasteiger partial charge in [0.25, 0.3) is 0 Å². The first kappa shape index (κ1) is 26.4. The molecule has 0 fully saturated rings. The quantitative estimate of drug-likeness (QED) is 0.275. The number of aliphatic hydroxyl groups is 1. The third-order valence-electron chi connectivity index (χ3n) is 6.54. The van der Waals surface area contributed by atoms with E-state index in [9.17, 15) is 19.7 Å². The molecule has 11 heteroatoms. The van der Waals surface area contributed by atoms with Gasteiger partial charge in [-0.1, -0.05) is 20.8 Å². The molecule has 0 amide bonds. The van der Waals surface area contributed by atoms with Crippen LogP contribution < -0.4 is 10.5 Å². The molecule has 3 aromatic heterocycles. The number of phenolic OH excluding ortho intramolecular Hbond substituents is 2. The van der Waals surface area contributed by atoms with Gasteiger partial charge in [0.1, 0.15) is 11.8 Å². The molecule has 0 aliphatic heterocycles. The van der Waals surface area contributed by atoms with Crippen molar-refractivity contribution < 1.29 is 28.8 Å². The second-order valence-corrected chi connectivity index (χ2v) is 10.1. The smallest absolute Gasteiger partial charge is 0.208 e. The van der Waals surface area contributed by atoms with Crippen LogP contribution in [0.15, 0.2) is 24.5 Å². The maximum absolute atomic E-state index is 15.1. The Labute approximate surface area is 212 Å². The molecule has 1 atom stereocenters. The predicted octanol–water partition coefficient (Wildman–Crippen LogP) is 3.89. The number of nitrogens with zero attached hydrogens (tertiary/aromatic N) is 4. The van der Waals surface area contributed by atoms with Crippen LogP contribution in [0.3, 0.4) is 0 Å². The number of imidazole rings is 1. The van der Waals surface area contributed by atoms with Crippen LogP contribution >= 0.6 is 0 Å². The Balaban J connectivity index is 1.74. The van der Waals surface area contributed by atoms with Gasteiger partial charge in [0, 0.05) is 43.0 Å². The van der Waals surface area contributed by atoms with Crippen molar-refractivity contribution in [2.45, 2.75) is 46.8 Å². The lowest BCUT2D eigenvalue weighted by molar-refractivity contribution is 0.0575. The largest absolute Gasteiger partial charge is 0.504 e. The molecule has 0 aliphatic carbocycles. The summed E-state index contributed by atoms with van der Waals surface area (Å²) >= 11 is 0. The van der Waals surface area contributed by atoms with Crippen molar-refractivity contribution in [1.29, 1.82) is 0 Å². The number of hydrogen-bond donors (Lipinski definition) is 4. The van der Waals surface area contributed by atoms with E-state index in [0.717, 1.165) is 11.3 Å². The first-order valence-electron chi connectivity index (χ1n) is 11.8. The lowest BCUT2D eigenvalue weighted by Crippen LogP contribution is -2.20. The molecule has 37 heavy (non-hydrogen) atoms. The standard InChI is InChI=1S/C26H31F2N5O4/c1-13-16(21(31-32(13)5)25(36)26(2,3)4)8-9-37-24-18(22(34)23(35)19(27)20(24)28)14-6-7-17-30-11-15(10-29)33(17)12-14/h6-7,11-12,25,34-36H,8-10,29H2,1-5H3. The fourth-order valence-corrected chi connectivity index (χ4v) is 4.25. The number of aromatic hydroxyl groups is 2. The van der Waals surface area contributed by atoms with Gasteiger partial charge in [-0.3, -0.25) is 4.68 Å². The minimum atomic E-state index is -1.62. The van der Waals surface area contributed by atoms with E-state index in [1.165, 1.54) is 0 Å². The molecule has 1 unspecified atom stereocenters. The molecule has 3 heterocycles. The maximum atomic E-state index is 15.1. The zero-order chi connectivity index (χ0) is 27.2. The zero-order valence-electron chi connectivity index (χ0n) is 21.4. The number of aromatic nitrogens is 4. The highest BCUT2D eigenvalue weighted by atomic mass is 19.2. The van der Waals surface area contributed by atoms with Crippen LogP contribution in [0.25, 0.3) is 16.8 Å². The van der Waals surface area contributed by atoms with Crippen LogP contribution in [0.5, 0.6) is 17.2 Å². The van der Waals surface area contributed by atoms with E-state index in [0.29, 0.717) is 17.0 Å². The van der Waals surface area contributed by atoms with E-state index in [4.69, 9.17) is 10.5 Å². The number of pyridine rings is 1. The summed E-state index contributed by atoms with van der Waals surface area (Å²) in [5.74, 6) is -5.69. The third kappa shape index (κ3) is 4.60.